The standard InChI is InChI=1S/C9H5ClF3NO3S2/c10-19(16,17)8-6(4-15)1-5(3-14)2-7(8)18-9(11,12)13/h1-2,15H,4H2. The number of alkyl halides is 3. The van der Waals surface area contributed by atoms with Gasteiger partial charge in [0.05, 0.1) is 18.2 Å². The Morgan fingerprint density at radius 2 is 2.00 bits per heavy atom. The summed E-state index contributed by atoms with van der Waals surface area (Å²) in [5.41, 5.74) is -5.32. The summed E-state index contributed by atoms with van der Waals surface area (Å²) in [4.78, 5) is -1.58. The maximum absolute atomic E-state index is 12.4. The molecule has 1 aromatic rings. The van der Waals surface area contributed by atoms with E-state index in [0.717, 1.165) is 12.1 Å². The number of rotatable bonds is 3. The normalized spacial score (nSPS) is 12.2. The van der Waals surface area contributed by atoms with Crippen LogP contribution in [0, 0.1) is 11.3 Å². The number of aliphatic hydroxyl groups is 1. The lowest BCUT2D eigenvalue weighted by Gasteiger charge is -2.12. The van der Waals surface area contributed by atoms with Crippen molar-refractivity contribution in [2.45, 2.75) is 21.9 Å². The van der Waals surface area contributed by atoms with Gasteiger partial charge >= 0.3 is 5.51 Å². The Bertz CT molecular complexity index is 637. The Balaban J connectivity index is 3.62. The van der Waals surface area contributed by atoms with Gasteiger partial charge in [0.25, 0.3) is 9.05 Å². The van der Waals surface area contributed by atoms with Gasteiger partial charge in [0, 0.05) is 15.6 Å². The molecule has 4 nitrogen and oxygen atoms in total. The molecule has 0 saturated heterocycles. The Morgan fingerprint density at radius 3 is 2.37 bits per heavy atom. The molecule has 0 spiro atoms. The second-order valence-electron chi connectivity index (χ2n) is 3.22. The number of thioether (sulfide) groups is 1. The molecule has 1 rings (SSSR count). The van der Waals surface area contributed by atoms with Crippen molar-refractivity contribution in [3.63, 3.8) is 0 Å². The topological polar surface area (TPSA) is 78.2 Å². The molecule has 0 amide bonds. The molecule has 0 unspecified atom stereocenters. The van der Waals surface area contributed by atoms with Gasteiger partial charge in [0.1, 0.15) is 4.90 Å². The maximum atomic E-state index is 12.4. The molecular weight excluding hydrogens is 327 g/mol. The zero-order valence-corrected chi connectivity index (χ0v) is 11.3. The van der Waals surface area contributed by atoms with E-state index in [1.165, 1.54) is 0 Å². The fraction of sp³-hybridized carbons (Fsp3) is 0.222. The van der Waals surface area contributed by atoms with Crippen LogP contribution >= 0.6 is 22.4 Å². The van der Waals surface area contributed by atoms with Crippen molar-refractivity contribution in [1.29, 1.82) is 5.26 Å². The van der Waals surface area contributed by atoms with Gasteiger partial charge in [-0.25, -0.2) is 8.42 Å². The molecule has 0 aliphatic carbocycles. The molecule has 1 aromatic carbocycles. The van der Waals surface area contributed by atoms with E-state index in [0.29, 0.717) is 0 Å². The Morgan fingerprint density at radius 1 is 1.42 bits per heavy atom. The van der Waals surface area contributed by atoms with Crippen molar-refractivity contribution in [2.75, 3.05) is 0 Å². The van der Waals surface area contributed by atoms with Gasteiger partial charge < -0.3 is 5.11 Å². The molecule has 0 aliphatic rings. The second kappa shape index (κ2) is 5.58. The van der Waals surface area contributed by atoms with Crippen LogP contribution in [0.5, 0.6) is 0 Å². The minimum absolute atomic E-state index is 0.208. The third-order valence-electron chi connectivity index (χ3n) is 1.90. The number of nitriles is 1. The third kappa shape index (κ3) is 4.28. The van der Waals surface area contributed by atoms with Crippen LogP contribution < -0.4 is 0 Å². The van der Waals surface area contributed by atoms with Crippen LogP contribution in [0.1, 0.15) is 11.1 Å². The fourth-order valence-electron chi connectivity index (χ4n) is 1.32. The molecule has 1 N–H and O–H groups in total. The number of hydrogen-bond donors (Lipinski definition) is 1. The lowest BCUT2D eigenvalue weighted by Crippen LogP contribution is -2.06. The number of hydrogen-bond acceptors (Lipinski definition) is 5. The van der Waals surface area contributed by atoms with Crippen LogP contribution in [0.25, 0.3) is 0 Å². The van der Waals surface area contributed by atoms with Crippen molar-refractivity contribution in [3.05, 3.63) is 23.3 Å². The summed E-state index contributed by atoms with van der Waals surface area (Å²) in [6.07, 6.45) is 0. The Kier molecular flexibility index (Phi) is 4.73. The van der Waals surface area contributed by atoms with Crippen LogP contribution in [0.2, 0.25) is 0 Å². The summed E-state index contributed by atoms with van der Waals surface area (Å²) >= 11 is -0.713. The fourth-order valence-corrected chi connectivity index (χ4v) is 3.85. The molecule has 0 bridgehead atoms. The number of halogens is 4. The molecule has 0 aliphatic heterocycles. The highest BCUT2D eigenvalue weighted by atomic mass is 35.7. The molecule has 19 heavy (non-hydrogen) atoms. The molecule has 0 aromatic heterocycles. The minimum Gasteiger partial charge on any atom is -0.392 e. The van der Waals surface area contributed by atoms with E-state index < -0.39 is 42.7 Å². The van der Waals surface area contributed by atoms with Crippen LogP contribution in [-0.2, 0) is 15.7 Å². The summed E-state index contributed by atoms with van der Waals surface area (Å²) in [5, 5.41) is 17.7. The van der Waals surface area contributed by atoms with Gasteiger partial charge in [-0.2, -0.15) is 18.4 Å². The summed E-state index contributed by atoms with van der Waals surface area (Å²) in [6, 6.07) is 3.30. The van der Waals surface area contributed by atoms with Crippen LogP contribution in [0.3, 0.4) is 0 Å². The molecule has 0 fully saturated rings. The van der Waals surface area contributed by atoms with E-state index in [1.807, 2.05) is 0 Å². The zero-order chi connectivity index (χ0) is 14.8. The Labute approximate surface area is 115 Å². The van der Waals surface area contributed by atoms with E-state index in [-0.39, 0.29) is 11.1 Å². The van der Waals surface area contributed by atoms with E-state index >= 15 is 0 Å². The molecular formula is C9H5ClF3NO3S2. The average Bonchev–Trinajstić information content (AvgIpc) is 2.23. The third-order valence-corrected chi connectivity index (χ3v) is 4.24. The van der Waals surface area contributed by atoms with Crippen LogP contribution in [-0.4, -0.2) is 19.0 Å². The molecule has 10 heteroatoms. The molecule has 0 heterocycles. The lowest BCUT2D eigenvalue weighted by molar-refractivity contribution is -0.0329. The highest BCUT2D eigenvalue weighted by molar-refractivity contribution is 8.14. The smallest absolute Gasteiger partial charge is 0.392 e. The van der Waals surface area contributed by atoms with Crippen LogP contribution in [0.4, 0.5) is 13.2 Å². The molecule has 0 atom stereocenters. The second-order valence-corrected chi connectivity index (χ2v) is 6.83. The predicted octanol–water partition coefficient (Wildman–Crippen LogP) is 2.59. The van der Waals surface area contributed by atoms with Crippen molar-refractivity contribution in [2.24, 2.45) is 0 Å². The molecule has 0 saturated carbocycles. The van der Waals surface area contributed by atoms with Gasteiger partial charge in [-0.15, -0.1) is 0 Å². The van der Waals surface area contributed by atoms with E-state index in [2.05, 4.69) is 0 Å². The molecule has 0 radical (unpaired) electrons. The number of aliphatic hydroxyl groups excluding tert-OH is 1. The monoisotopic (exact) mass is 331 g/mol. The largest absolute Gasteiger partial charge is 0.446 e. The van der Waals surface area contributed by atoms with Crippen molar-refractivity contribution < 1.29 is 26.7 Å². The number of nitrogens with zero attached hydrogens (tertiary/aromatic N) is 1. The summed E-state index contributed by atoms with van der Waals surface area (Å²) in [5.74, 6) is 0. The van der Waals surface area contributed by atoms with E-state index in [9.17, 15) is 21.6 Å². The first-order valence-electron chi connectivity index (χ1n) is 4.47. The molecule has 104 valence electrons. The predicted molar refractivity (Wildman–Crippen MR) is 62.0 cm³/mol. The Hall–Kier alpha value is -0.950. The summed E-state index contributed by atoms with van der Waals surface area (Å²) in [6.45, 7) is -0.859. The maximum Gasteiger partial charge on any atom is 0.446 e. The lowest BCUT2D eigenvalue weighted by atomic mass is 10.1. The van der Waals surface area contributed by atoms with E-state index in [1.54, 1.807) is 6.07 Å². The summed E-state index contributed by atoms with van der Waals surface area (Å²) < 4.78 is 59.7. The highest BCUT2D eigenvalue weighted by Gasteiger charge is 2.33. The van der Waals surface area contributed by atoms with E-state index in [4.69, 9.17) is 21.1 Å². The zero-order valence-electron chi connectivity index (χ0n) is 8.90. The van der Waals surface area contributed by atoms with Crippen molar-refractivity contribution in [3.8, 4) is 6.07 Å². The summed E-state index contributed by atoms with van der Waals surface area (Å²) in [7, 11) is 0.578. The van der Waals surface area contributed by atoms with Crippen molar-refractivity contribution >= 4 is 31.5 Å². The van der Waals surface area contributed by atoms with Crippen molar-refractivity contribution in [1.82, 2.24) is 0 Å². The van der Waals surface area contributed by atoms with Gasteiger partial charge in [0.15, 0.2) is 0 Å². The SMILES string of the molecule is N#Cc1cc(CO)c(S(=O)(=O)Cl)c(SC(F)(F)F)c1. The first-order valence-corrected chi connectivity index (χ1v) is 7.59. The minimum atomic E-state index is -4.75. The quantitative estimate of drug-likeness (QED) is 0.680. The van der Waals surface area contributed by atoms with Crippen LogP contribution in [0.15, 0.2) is 21.9 Å². The average molecular weight is 332 g/mol. The van der Waals surface area contributed by atoms with Gasteiger partial charge in [-0.3, -0.25) is 0 Å². The first-order chi connectivity index (χ1) is 8.58. The first kappa shape index (κ1) is 16.1. The van der Waals surface area contributed by atoms with Gasteiger partial charge in [0.2, 0.25) is 0 Å². The highest BCUT2D eigenvalue weighted by Crippen LogP contribution is 2.42. The van der Waals surface area contributed by atoms with Gasteiger partial charge in [-0.1, -0.05) is 0 Å². The van der Waals surface area contributed by atoms with Gasteiger partial charge in [-0.05, 0) is 29.5 Å². The number of benzene rings is 1.